The molecule has 2 heterocycles. The first-order valence-electron chi connectivity index (χ1n) is 8.69. The normalized spacial score (nSPS) is 15.4. The molecular weight excluding hydrogens is 350 g/mol. The van der Waals surface area contributed by atoms with Gasteiger partial charge in [0.25, 0.3) is 0 Å². The minimum Gasteiger partial charge on any atom is -0.357 e. The van der Waals surface area contributed by atoms with Crippen LogP contribution in [0.2, 0.25) is 0 Å². The number of benzene rings is 1. The SMILES string of the molecule is c1cnn(-c2ccc(CSc3nnc(NC4CCCCC4)s3)cc2)c1. The monoisotopic (exact) mass is 371 g/mol. The first-order chi connectivity index (χ1) is 12.4. The molecule has 1 fully saturated rings. The quantitative estimate of drug-likeness (QED) is 0.633. The summed E-state index contributed by atoms with van der Waals surface area (Å²) in [5, 5.41) is 17.4. The number of nitrogens with one attached hydrogen (secondary N) is 1. The maximum absolute atomic E-state index is 4.31. The largest absolute Gasteiger partial charge is 0.357 e. The van der Waals surface area contributed by atoms with Crippen molar-refractivity contribution in [2.24, 2.45) is 0 Å². The highest BCUT2D eigenvalue weighted by Gasteiger charge is 2.15. The molecular formula is C18H21N5S2. The average molecular weight is 372 g/mol. The first-order valence-corrected chi connectivity index (χ1v) is 10.5. The van der Waals surface area contributed by atoms with E-state index in [0.29, 0.717) is 6.04 Å². The van der Waals surface area contributed by atoms with Crippen molar-refractivity contribution in [2.75, 3.05) is 5.32 Å². The van der Waals surface area contributed by atoms with Crippen molar-refractivity contribution in [3.63, 3.8) is 0 Å². The van der Waals surface area contributed by atoms with E-state index in [4.69, 9.17) is 0 Å². The molecule has 1 aliphatic rings. The van der Waals surface area contributed by atoms with E-state index in [-0.39, 0.29) is 0 Å². The molecule has 1 saturated carbocycles. The summed E-state index contributed by atoms with van der Waals surface area (Å²) >= 11 is 3.40. The molecule has 0 radical (unpaired) electrons. The standard InChI is InChI=1S/C18H21N5S2/c1-2-5-15(6-3-1)20-17-21-22-18(25-17)24-13-14-7-9-16(10-8-14)23-12-4-11-19-23/h4,7-12,15H,1-3,5-6,13H2,(H,20,21). The lowest BCUT2D eigenvalue weighted by Crippen LogP contribution is -2.21. The second-order valence-electron chi connectivity index (χ2n) is 6.26. The van der Waals surface area contributed by atoms with E-state index in [2.05, 4.69) is 44.9 Å². The van der Waals surface area contributed by atoms with Crippen LogP contribution in [0.15, 0.2) is 47.1 Å². The van der Waals surface area contributed by atoms with Gasteiger partial charge in [-0.1, -0.05) is 54.5 Å². The Kier molecular flexibility index (Phi) is 5.32. The molecule has 0 unspecified atom stereocenters. The molecule has 4 rings (SSSR count). The van der Waals surface area contributed by atoms with Crippen molar-refractivity contribution in [3.05, 3.63) is 48.3 Å². The zero-order chi connectivity index (χ0) is 16.9. The van der Waals surface area contributed by atoms with Gasteiger partial charge in [0.1, 0.15) is 0 Å². The molecule has 0 atom stereocenters. The predicted octanol–water partition coefficient (Wildman–Crippen LogP) is 4.76. The van der Waals surface area contributed by atoms with Crippen molar-refractivity contribution in [2.45, 2.75) is 48.2 Å². The second kappa shape index (κ2) is 8.01. The van der Waals surface area contributed by atoms with Crippen LogP contribution in [0.4, 0.5) is 5.13 Å². The van der Waals surface area contributed by atoms with E-state index < -0.39 is 0 Å². The van der Waals surface area contributed by atoms with Crippen LogP contribution in [0.25, 0.3) is 5.69 Å². The summed E-state index contributed by atoms with van der Waals surface area (Å²) in [4.78, 5) is 0. The van der Waals surface area contributed by atoms with E-state index in [9.17, 15) is 0 Å². The van der Waals surface area contributed by atoms with Crippen LogP contribution in [0, 0.1) is 0 Å². The lowest BCUT2D eigenvalue weighted by molar-refractivity contribution is 0.462. The van der Waals surface area contributed by atoms with Gasteiger partial charge in [-0.25, -0.2) is 4.68 Å². The molecule has 25 heavy (non-hydrogen) atoms. The van der Waals surface area contributed by atoms with Gasteiger partial charge in [-0.3, -0.25) is 0 Å². The molecule has 0 bridgehead atoms. The Labute approximate surface area is 155 Å². The van der Waals surface area contributed by atoms with Gasteiger partial charge in [-0.2, -0.15) is 5.10 Å². The van der Waals surface area contributed by atoms with Crippen molar-refractivity contribution < 1.29 is 0 Å². The number of hydrogen-bond donors (Lipinski definition) is 1. The second-order valence-corrected chi connectivity index (χ2v) is 8.46. The summed E-state index contributed by atoms with van der Waals surface area (Å²) in [5.74, 6) is 0.900. The summed E-state index contributed by atoms with van der Waals surface area (Å²) in [6.45, 7) is 0. The smallest absolute Gasteiger partial charge is 0.206 e. The maximum atomic E-state index is 4.31. The summed E-state index contributed by atoms with van der Waals surface area (Å²) in [6.07, 6.45) is 10.3. The Hall–Kier alpha value is -1.86. The van der Waals surface area contributed by atoms with E-state index in [1.807, 2.05) is 16.9 Å². The highest BCUT2D eigenvalue weighted by molar-refractivity contribution is 8.00. The number of hydrogen-bond acceptors (Lipinski definition) is 6. The maximum Gasteiger partial charge on any atom is 0.206 e. The van der Waals surface area contributed by atoms with Crippen LogP contribution >= 0.6 is 23.1 Å². The zero-order valence-corrected chi connectivity index (χ0v) is 15.6. The molecule has 7 heteroatoms. The van der Waals surface area contributed by atoms with Crippen molar-refractivity contribution >= 4 is 28.2 Å². The molecule has 1 aromatic carbocycles. The summed E-state index contributed by atoms with van der Waals surface area (Å²) in [5.41, 5.74) is 2.35. The van der Waals surface area contributed by atoms with Crippen LogP contribution in [-0.4, -0.2) is 26.0 Å². The van der Waals surface area contributed by atoms with Gasteiger partial charge in [0.15, 0.2) is 4.34 Å². The third kappa shape index (κ3) is 4.41. The van der Waals surface area contributed by atoms with E-state index in [1.54, 1.807) is 29.3 Å². The average Bonchev–Trinajstić information content (AvgIpc) is 3.33. The fourth-order valence-electron chi connectivity index (χ4n) is 3.06. The lowest BCUT2D eigenvalue weighted by Gasteiger charge is -2.21. The lowest BCUT2D eigenvalue weighted by atomic mass is 9.96. The highest BCUT2D eigenvalue weighted by Crippen LogP contribution is 2.30. The fourth-order valence-corrected chi connectivity index (χ4v) is 4.84. The molecule has 0 amide bonds. The summed E-state index contributed by atoms with van der Waals surface area (Å²) < 4.78 is 2.89. The minimum absolute atomic E-state index is 0.578. The number of anilines is 1. The third-order valence-corrected chi connectivity index (χ3v) is 6.47. The third-order valence-electron chi connectivity index (χ3n) is 4.41. The fraction of sp³-hybridized carbons (Fsp3) is 0.389. The highest BCUT2D eigenvalue weighted by atomic mass is 32.2. The van der Waals surface area contributed by atoms with Gasteiger partial charge < -0.3 is 5.32 Å². The zero-order valence-electron chi connectivity index (χ0n) is 14.0. The summed E-state index contributed by atoms with van der Waals surface area (Å²) in [6, 6.07) is 11.0. The summed E-state index contributed by atoms with van der Waals surface area (Å²) in [7, 11) is 0. The van der Waals surface area contributed by atoms with Gasteiger partial charge >= 0.3 is 0 Å². The Balaban J connectivity index is 1.31. The number of aromatic nitrogens is 4. The molecule has 5 nitrogen and oxygen atoms in total. The molecule has 3 aromatic rings. The van der Waals surface area contributed by atoms with Crippen LogP contribution in [-0.2, 0) is 5.75 Å². The molecule has 0 aliphatic heterocycles. The number of thioether (sulfide) groups is 1. The minimum atomic E-state index is 0.578. The van der Waals surface area contributed by atoms with Crippen molar-refractivity contribution in [1.29, 1.82) is 0 Å². The van der Waals surface area contributed by atoms with Gasteiger partial charge in [-0.15, -0.1) is 10.2 Å². The van der Waals surface area contributed by atoms with Crippen LogP contribution < -0.4 is 5.32 Å². The number of nitrogens with zero attached hydrogens (tertiary/aromatic N) is 4. The van der Waals surface area contributed by atoms with E-state index >= 15 is 0 Å². The van der Waals surface area contributed by atoms with Gasteiger partial charge in [0.05, 0.1) is 5.69 Å². The molecule has 2 aromatic heterocycles. The van der Waals surface area contributed by atoms with E-state index in [0.717, 1.165) is 20.9 Å². The molecule has 1 aliphatic carbocycles. The Morgan fingerprint density at radius 3 is 2.72 bits per heavy atom. The van der Waals surface area contributed by atoms with Crippen molar-refractivity contribution in [1.82, 2.24) is 20.0 Å². The predicted molar refractivity (Wildman–Crippen MR) is 104 cm³/mol. The van der Waals surface area contributed by atoms with Gasteiger partial charge in [0.2, 0.25) is 5.13 Å². The van der Waals surface area contributed by atoms with Crippen LogP contribution in [0.1, 0.15) is 37.7 Å². The van der Waals surface area contributed by atoms with Crippen molar-refractivity contribution in [3.8, 4) is 5.69 Å². The molecule has 0 saturated heterocycles. The van der Waals surface area contributed by atoms with E-state index in [1.165, 1.54) is 37.7 Å². The first kappa shape index (κ1) is 16.6. The Morgan fingerprint density at radius 2 is 1.96 bits per heavy atom. The topological polar surface area (TPSA) is 55.6 Å². The Bertz CT molecular complexity index is 776. The van der Waals surface area contributed by atoms with Gasteiger partial charge in [0, 0.05) is 24.2 Å². The Morgan fingerprint density at radius 1 is 1.12 bits per heavy atom. The number of rotatable bonds is 6. The molecule has 130 valence electrons. The molecule has 0 spiro atoms. The molecule has 1 N–H and O–H groups in total. The van der Waals surface area contributed by atoms with Crippen LogP contribution in [0.5, 0.6) is 0 Å². The van der Waals surface area contributed by atoms with Crippen LogP contribution in [0.3, 0.4) is 0 Å². The van der Waals surface area contributed by atoms with Gasteiger partial charge in [-0.05, 0) is 36.6 Å².